The Bertz CT molecular complexity index is 1740. The Morgan fingerprint density at radius 2 is 1.69 bits per heavy atom. The van der Waals surface area contributed by atoms with Gasteiger partial charge < -0.3 is 5.11 Å². The summed E-state index contributed by atoms with van der Waals surface area (Å²) in [6.07, 6.45) is 3.47. The van der Waals surface area contributed by atoms with Crippen LogP contribution in [0.15, 0.2) is 78.0 Å². The minimum absolute atomic E-state index is 0.0251. The molecule has 196 valence electrons. The van der Waals surface area contributed by atoms with Gasteiger partial charge in [0.25, 0.3) is 5.91 Å². The number of fused-ring (bicyclic) bond motifs is 1. The highest BCUT2D eigenvalue weighted by molar-refractivity contribution is 7.89. The molecule has 1 amide bonds. The maximum absolute atomic E-state index is 12.9. The third-order valence-corrected chi connectivity index (χ3v) is 8.39. The number of carboxylic acids is 1. The molecule has 0 aliphatic carbocycles. The van der Waals surface area contributed by atoms with Crippen molar-refractivity contribution in [1.82, 2.24) is 19.7 Å². The van der Waals surface area contributed by atoms with E-state index < -0.39 is 27.8 Å². The lowest BCUT2D eigenvalue weighted by molar-refractivity contribution is -0.141. The van der Waals surface area contributed by atoms with Gasteiger partial charge in [0.1, 0.15) is 0 Å². The molecule has 3 heterocycles. The number of sulfonamides is 1. The van der Waals surface area contributed by atoms with E-state index in [1.54, 1.807) is 36.7 Å². The molecule has 1 unspecified atom stereocenters. The highest BCUT2D eigenvalue weighted by Crippen LogP contribution is 2.26. The largest absolute Gasteiger partial charge is 0.481 e. The number of nitrogen functional groups attached to an aromatic ring is 1. The van der Waals surface area contributed by atoms with Gasteiger partial charge in [-0.2, -0.15) is 4.31 Å². The molecule has 1 saturated heterocycles. The van der Waals surface area contributed by atoms with Gasteiger partial charge >= 0.3 is 5.97 Å². The first-order chi connectivity index (χ1) is 18.8. The Morgan fingerprint density at radius 3 is 2.31 bits per heavy atom. The van der Waals surface area contributed by atoms with Gasteiger partial charge in [-0.1, -0.05) is 24.0 Å². The van der Waals surface area contributed by atoms with Crippen molar-refractivity contribution in [2.45, 2.75) is 11.3 Å². The average Bonchev–Trinajstić information content (AvgIpc) is 3.48. The molecule has 1 fully saturated rings. The van der Waals surface area contributed by atoms with Crippen LogP contribution >= 0.6 is 0 Å². The second-order valence-electron chi connectivity index (χ2n) is 8.96. The highest BCUT2D eigenvalue weighted by Gasteiger charge is 2.35. The molecule has 1 aliphatic heterocycles. The molecule has 0 saturated carbocycles. The van der Waals surface area contributed by atoms with E-state index in [1.807, 2.05) is 24.3 Å². The van der Waals surface area contributed by atoms with Crippen molar-refractivity contribution in [2.24, 2.45) is 11.8 Å². The van der Waals surface area contributed by atoms with Crippen LogP contribution in [0.5, 0.6) is 0 Å². The number of rotatable bonds is 5. The first-order valence-corrected chi connectivity index (χ1v) is 13.4. The molecule has 2 aromatic heterocycles. The van der Waals surface area contributed by atoms with E-state index in [9.17, 15) is 18.0 Å². The maximum Gasteiger partial charge on any atom is 0.307 e. The lowest BCUT2D eigenvalue weighted by Gasteiger charge is -2.15. The number of amides is 1. The fourth-order valence-electron chi connectivity index (χ4n) is 4.36. The Kier molecular flexibility index (Phi) is 7.08. The second kappa shape index (κ2) is 10.6. The number of aromatic nitrogens is 2. The van der Waals surface area contributed by atoms with Crippen LogP contribution in [0, 0.1) is 17.8 Å². The molecule has 1 aliphatic rings. The zero-order chi connectivity index (χ0) is 27.6. The summed E-state index contributed by atoms with van der Waals surface area (Å²) in [7, 11) is -3.76. The molecule has 5 rings (SSSR count). The smallest absolute Gasteiger partial charge is 0.307 e. The molecule has 1 atom stereocenters. The third-order valence-electron chi connectivity index (χ3n) is 6.51. The van der Waals surface area contributed by atoms with Gasteiger partial charge in [0, 0.05) is 47.6 Å². The molecular formula is C28H23N5O5S. The topological polar surface area (TPSA) is 156 Å². The number of nitrogens with two attached hydrogens (primary N) is 1. The van der Waals surface area contributed by atoms with Crippen LogP contribution in [-0.4, -0.2) is 52.8 Å². The van der Waals surface area contributed by atoms with E-state index in [0.717, 1.165) is 11.1 Å². The quantitative estimate of drug-likeness (QED) is 0.151. The summed E-state index contributed by atoms with van der Waals surface area (Å²) >= 11 is 0. The fourth-order valence-corrected chi connectivity index (χ4v) is 5.86. The van der Waals surface area contributed by atoms with Gasteiger partial charge in [0.2, 0.25) is 10.0 Å². The van der Waals surface area contributed by atoms with E-state index in [2.05, 4.69) is 27.2 Å². The number of nitrogens with one attached hydrogen (secondary N) is 1. The first-order valence-electron chi connectivity index (χ1n) is 12.0. The van der Waals surface area contributed by atoms with Crippen LogP contribution < -0.4 is 11.3 Å². The zero-order valence-electron chi connectivity index (χ0n) is 20.5. The van der Waals surface area contributed by atoms with Crippen molar-refractivity contribution in [3.8, 4) is 23.1 Å². The maximum atomic E-state index is 12.9. The molecule has 10 nitrogen and oxygen atoms in total. The number of aliphatic carboxylic acids is 1. The van der Waals surface area contributed by atoms with Crippen LogP contribution in [0.2, 0.25) is 0 Å². The highest BCUT2D eigenvalue weighted by atomic mass is 32.2. The monoisotopic (exact) mass is 541 g/mol. The number of pyridine rings is 2. The summed E-state index contributed by atoms with van der Waals surface area (Å²) in [5.41, 5.74) is 5.88. The lowest BCUT2D eigenvalue weighted by Crippen LogP contribution is -2.30. The van der Waals surface area contributed by atoms with Crippen molar-refractivity contribution >= 4 is 32.8 Å². The number of nitrogens with zero attached hydrogens (tertiary/aromatic N) is 3. The minimum Gasteiger partial charge on any atom is -0.481 e. The number of carbonyl (C=O) groups excluding carboxylic acids is 1. The third kappa shape index (κ3) is 5.35. The summed E-state index contributed by atoms with van der Waals surface area (Å²) < 4.78 is 26.9. The number of carboxylic acid groups (broad SMARTS) is 1. The summed E-state index contributed by atoms with van der Waals surface area (Å²) in [6.45, 7) is 0.160. The molecule has 11 heteroatoms. The van der Waals surface area contributed by atoms with Gasteiger partial charge in [-0.15, -0.1) is 0 Å². The van der Waals surface area contributed by atoms with Gasteiger partial charge in [0.15, 0.2) is 0 Å². The van der Waals surface area contributed by atoms with Gasteiger partial charge in [0.05, 0.1) is 27.6 Å². The van der Waals surface area contributed by atoms with Crippen LogP contribution in [0.1, 0.15) is 27.9 Å². The standard InChI is InChI=1S/C28H23N5O5S/c29-32-27(34)23-15-26(31-25-11-13-30-16-24(23)25)20-7-3-18(4-8-20)1-2-19-5-9-22(10-6-19)39(37,38)33-14-12-21(17-33)28(35)36/h3-11,13,15-16,21H,12,14,17,29H2,(H,32,34)(H,35,36). The van der Waals surface area contributed by atoms with Crippen molar-refractivity contribution in [3.05, 3.63) is 89.7 Å². The van der Waals surface area contributed by atoms with Crippen LogP contribution in [0.3, 0.4) is 0 Å². The summed E-state index contributed by atoms with van der Waals surface area (Å²) in [5, 5.41) is 9.74. The SMILES string of the molecule is NNC(=O)c1cc(-c2ccc(C#Cc3ccc(S(=O)(=O)N4CCC(C(=O)O)C4)cc3)cc2)nc2ccncc12. The predicted octanol–water partition coefficient (Wildman–Crippen LogP) is 2.40. The van der Waals surface area contributed by atoms with Gasteiger partial charge in [-0.25, -0.2) is 19.2 Å². The van der Waals surface area contributed by atoms with E-state index in [-0.39, 0.29) is 18.0 Å². The van der Waals surface area contributed by atoms with Crippen molar-refractivity contribution < 1.29 is 23.1 Å². The Balaban J connectivity index is 1.33. The molecular weight excluding hydrogens is 518 g/mol. The molecule has 0 bridgehead atoms. The zero-order valence-corrected chi connectivity index (χ0v) is 21.4. The second-order valence-corrected chi connectivity index (χ2v) is 10.9. The Morgan fingerprint density at radius 1 is 1.03 bits per heavy atom. The summed E-state index contributed by atoms with van der Waals surface area (Å²) in [5.74, 6) is 9.32. The summed E-state index contributed by atoms with van der Waals surface area (Å²) in [4.78, 5) is 32.3. The van der Waals surface area contributed by atoms with Crippen molar-refractivity contribution in [2.75, 3.05) is 13.1 Å². The number of hydrogen-bond acceptors (Lipinski definition) is 7. The van der Waals surface area contributed by atoms with Crippen molar-refractivity contribution in [3.63, 3.8) is 0 Å². The van der Waals surface area contributed by atoms with E-state index in [1.165, 1.54) is 16.4 Å². The molecule has 4 aromatic rings. The Hall–Kier alpha value is -4.63. The number of benzene rings is 2. The van der Waals surface area contributed by atoms with Crippen molar-refractivity contribution in [1.29, 1.82) is 0 Å². The molecule has 4 N–H and O–H groups in total. The summed E-state index contributed by atoms with van der Waals surface area (Å²) in [6, 6.07) is 16.9. The number of carbonyl (C=O) groups is 2. The first kappa shape index (κ1) is 26.0. The molecule has 0 spiro atoms. The van der Waals surface area contributed by atoms with Crippen LogP contribution in [0.25, 0.3) is 22.2 Å². The normalized spacial score (nSPS) is 15.5. The average molecular weight is 542 g/mol. The Labute approximate surface area is 224 Å². The van der Waals surface area contributed by atoms with Crippen LogP contribution in [0.4, 0.5) is 0 Å². The lowest BCUT2D eigenvalue weighted by atomic mass is 10.0. The minimum atomic E-state index is -3.76. The predicted molar refractivity (Wildman–Crippen MR) is 144 cm³/mol. The molecule has 2 aromatic carbocycles. The van der Waals surface area contributed by atoms with E-state index in [4.69, 9.17) is 10.9 Å². The molecule has 39 heavy (non-hydrogen) atoms. The molecule has 0 radical (unpaired) electrons. The number of hydrogen-bond donors (Lipinski definition) is 3. The van der Waals surface area contributed by atoms with Gasteiger partial charge in [-0.05, 0) is 55.0 Å². The fraction of sp³-hybridized carbons (Fsp3) is 0.143. The van der Waals surface area contributed by atoms with Gasteiger partial charge in [-0.3, -0.25) is 20.0 Å². The number of hydrazine groups is 1. The van der Waals surface area contributed by atoms with Crippen LogP contribution in [-0.2, 0) is 14.8 Å². The van der Waals surface area contributed by atoms with E-state index in [0.29, 0.717) is 34.1 Å². The van der Waals surface area contributed by atoms with E-state index >= 15 is 0 Å².